The number of nitrogens with one attached hydrogen (secondary N) is 1. The van der Waals surface area contributed by atoms with Crippen molar-refractivity contribution in [3.05, 3.63) is 83.4 Å². The van der Waals surface area contributed by atoms with Crippen LogP contribution in [-0.2, 0) is 11.3 Å². The van der Waals surface area contributed by atoms with Crippen LogP contribution in [0.15, 0.2) is 66.7 Å². The average molecular weight is 491 g/mol. The van der Waals surface area contributed by atoms with Gasteiger partial charge in [0.25, 0.3) is 0 Å². The molecule has 178 valence electrons. The van der Waals surface area contributed by atoms with Crippen LogP contribution in [0.5, 0.6) is 0 Å². The molecule has 0 spiro atoms. The smallest absolute Gasteiger partial charge is 0.335 e. The maximum absolute atomic E-state index is 11.2. The Kier molecular flexibility index (Phi) is 10.6. The number of morpholine rings is 1. The predicted molar refractivity (Wildman–Crippen MR) is 138 cm³/mol. The molecule has 1 fully saturated rings. The van der Waals surface area contributed by atoms with Crippen LogP contribution < -0.4 is 5.32 Å². The van der Waals surface area contributed by atoms with Gasteiger partial charge in [0, 0.05) is 25.7 Å². The van der Waals surface area contributed by atoms with Crippen molar-refractivity contribution in [3.63, 3.8) is 0 Å². The molecule has 0 radical (unpaired) electrons. The monoisotopic (exact) mass is 490 g/mol. The Labute approximate surface area is 207 Å². The number of halogens is 2. The molecule has 3 aromatic carbocycles. The second-order valence-electron chi connectivity index (χ2n) is 8.27. The third kappa shape index (κ3) is 7.16. The van der Waals surface area contributed by atoms with Crippen molar-refractivity contribution >= 4 is 41.6 Å². The first-order valence-corrected chi connectivity index (χ1v) is 11.0. The van der Waals surface area contributed by atoms with Gasteiger partial charge < -0.3 is 15.2 Å². The van der Waals surface area contributed by atoms with E-state index in [-0.39, 0.29) is 37.0 Å². The van der Waals surface area contributed by atoms with Crippen LogP contribution in [0.1, 0.15) is 40.9 Å². The largest absolute Gasteiger partial charge is 0.478 e. The molecule has 0 amide bonds. The molecule has 0 aliphatic carbocycles. The molecule has 1 saturated heterocycles. The Morgan fingerprint density at radius 1 is 1.12 bits per heavy atom. The molecule has 1 aliphatic rings. The van der Waals surface area contributed by atoms with Gasteiger partial charge in [-0.1, -0.05) is 54.6 Å². The minimum absolute atomic E-state index is 0. The van der Waals surface area contributed by atoms with E-state index in [1.165, 1.54) is 16.3 Å². The molecule has 5 nitrogen and oxygen atoms in total. The van der Waals surface area contributed by atoms with E-state index in [1.807, 2.05) is 12.1 Å². The predicted octanol–water partition coefficient (Wildman–Crippen LogP) is 5.32. The highest BCUT2D eigenvalue weighted by Crippen LogP contribution is 2.24. The maximum Gasteiger partial charge on any atom is 0.335 e. The van der Waals surface area contributed by atoms with Crippen LogP contribution in [0, 0.1) is 0 Å². The summed E-state index contributed by atoms with van der Waals surface area (Å²) in [6, 6.07) is 22.5. The normalized spacial score (nSPS) is 17.1. The van der Waals surface area contributed by atoms with Gasteiger partial charge in [-0.15, -0.1) is 24.8 Å². The molecular weight excluding hydrogens is 459 g/mol. The van der Waals surface area contributed by atoms with E-state index in [4.69, 9.17) is 4.74 Å². The van der Waals surface area contributed by atoms with Gasteiger partial charge >= 0.3 is 5.97 Å². The number of aromatic carboxylic acids is 1. The van der Waals surface area contributed by atoms with E-state index < -0.39 is 5.97 Å². The molecule has 4 rings (SSSR count). The summed E-state index contributed by atoms with van der Waals surface area (Å²) in [7, 11) is 0. The second kappa shape index (κ2) is 12.9. The van der Waals surface area contributed by atoms with E-state index in [9.17, 15) is 9.90 Å². The molecule has 0 aromatic heterocycles. The lowest BCUT2D eigenvalue weighted by atomic mass is 9.99. The summed E-state index contributed by atoms with van der Waals surface area (Å²) < 4.78 is 5.99. The van der Waals surface area contributed by atoms with Crippen LogP contribution >= 0.6 is 24.8 Å². The fourth-order valence-electron chi connectivity index (χ4n) is 4.36. The van der Waals surface area contributed by atoms with E-state index in [2.05, 4.69) is 59.6 Å². The van der Waals surface area contributed by atoms with Gasteiger partial charge in [0.05, 0.1) is 18.3 Å². The van der Waals surface area contributed by atoms with E-state index >= 15 is 0 Å². The summed E-state index contributed by atoms with van der Waals surface area (Å²) in [6.45, 7) is 6.29. The minimum Gasteiger partial charge on any atom is -0.478 e. The number of carbonyl (C=O) groups is 1. The van der Waals surface area contributed by atoms with Gasteiger partial charge in [-0.2, -0.15) is 0 Å². The molecule has 2 N–H and O–H groups in total. The third-order valence-corrected chi connectivity index (χ3v) is 6.01. The first kappa shape index (κ1) is 27.1. The molecule has 7 heteroatoms. The third-order valence-electron chi connectivity index (χ3n) is 6.01. The van der Waals surface area contributed by atoms with E-state index in [1.54, 1.807) is 12.1 Å². The highest BCUT2D eigenvalue weighted by molar-refractivity contribution is 5.88. The quantitative estimate of drug-likeness (QED) is 0.447. The zero-order valence-electron chi connectivity index (χ0n) is 18.8. The molecule has 0 saturated carbocycles. The minimum atomic E-state index is -0.881. The number of hydrogen-bond donors (Lipinski definition) is 2. The number of rotatable bonds is 8. The zero-order chi connectivity index (χ0) is 21.6. The fraction of sp³-hybridized carbons (Fsp3) is 0.346. The molecule has 1 unspecified atom stereocenters. The van der Waals surface area contributed by atoms with Crippen LogP contribution in [0.4, 0.5) is 0 Å². The van der Waals surface area contributed by atoms with Crippen molar-refractivity contribution in [1.82, 2.24) is 10.2 Å². The molecule has 2 atom stereocenters. The SMILES string of the molecule is C[C@@H](NCCC1CN(Cc2cccc(C(=O)O)c2)CCO1)c1cccc2ccccc12.Cl.Cl. The number of benzene rings is 3. The van der Waals surface area contributed by atoms with Crippen molar-refractivity contribution in [3.8, 4) is 0 Å². The van der Waals surface area contributed by atoms with Crippen molar-refractivity contribution in [1.29, 1.82) is 0 Å². The van der Waals surface area contributed by atoms with E-state index in [0.717, 1.165) is 38.2 Å². The summed E-state index contributed by atoms with van der Waals surface area (Å²) in [5.74, 6) is -0.881. The first-order valence-electron chi connectivity index (χ1n) is 11.0. The van der Waals surface area contributed by atoms with Gasteiger partial charge in [-0.05, 0) is 53.9 Å². The number of ether oxygens (including phenoxy) is 1. The topological polar surface area (TPSA) is 61.8 Å². The Morgan fingerprint density at radius 3 is 2.70 bits per heavy atom. The first-order chi connectivity index (χ1) is 15.1. The van der Waals surface area contributed by atoms with Gasteiger partial charge in [0.15, 0.2) is 0 Å². The van der Waals surface area contributed by atoms with Crippen LogP contribution in [0.25, 0.3) is 10.8 Å². The molecule has 0 bridgehead atoms. The maximum atomic E-state index is 11.2. The lowest BCUT2D eigenvalue weighted by Crippen LogP contribution is -2.43. The number of nitrogens with zero attached hydrogens (tertiary/aromatic N) is 1. The Bertz CT molecular complexity index is 1040. The zero-order valence-corrected chi connectivity index (χ0v) is 20.4. The Hall–Kier alpha value is -2.15. The van der Waals surface area contributed by atoms with E-state index in [0.29, 0.717) is 12.2 Å². The lowest BCUT2D eigenvalue weighted by Gasteiger charge is -2.33. The molecular formula is C26H32Cl2N2O3. The summed E-state index contributed by atoms with van der Waals surface area (Å²) in [4.78, 5) is 13.6. The number of fused-ring (bicyclic) bond motifs is 1. The lowest BCUT2D eigenvalue weighted by molar-refractivity contribution is -0.0346. The van der Waals surface area contributed by atoms with Crippen molar-refractivity contribution < 1.29 is 14.6 Å². The molecule has 33 heavy (non-hydrogen) atoms. The highest BCUT2D eigenvalue weighted by Gasteiger charge is 2.21. The summed E-state index contributed by atoms with van der Waals surface area (Å²) >= 11 is 0. The number of carboxylic acids is 1. The van der Waals surface area contributed by atoms with Gasteiger partial charge in [0.1, 0.15) is 0 Å². The average Bonchev–Trinajstić information content (AvgIpc) is 2.79. The van der Waals surface area contributed by atoms with Crippen LogP contribution in [-0.4, -0.2) is 48.3 Å². The van der Waals surface area contributed by atoms with Crippen molar-refractivity contribution in [2.45, 2.75) is 32.0 Å². The Balaban J connectivity index is 0.00000193. The molecule has 1 aliphatic heterocycles. The second-order valence-corrected chi connectivity index (χ2v) is 8.27. The summed E-state index contributed by atoms with van der Waals surface area (Å²) in [5.41, 5.74) is 2.69. The van der Waals surface area contributed by atoms with Crippen LogP contribution in [0.2, 0.25) is 0 Å². The standard InChI is InChI=1S/C26H30N2O3.2ClH/c1-19(24-11-5-8-21-7-2-3-10-25(21)24)27-13-12-23-18-28(14-15-31-23)17-20-6-4-9-22(16-20)26(29)30;;/h2-11,16,19,23,27H,12-15,17-18H2,1H3,(H,29,30);2*1H/t19-,23?;;/m1../s1. The Morgan fingerprint density at radius 2 is 1.88 bits per heavy atom. The van der Waals surface area contributed by atoms with Crippen LogP contribution in [0.3, 0.4) is 0 Å². The van der Waals surface area contributed by atoms with Crippen molar-refractivity contribution in [2.75, 3.05) is 26.2 Å². The fourth-order valence-corrected chi connectivity index (χ4v) is 4.36. The summed E-state index contributed by atoms with van der Waals surface area (Å²) in [5, 5.41) is 15.4. The highest BCUT2D eigenvalue weighted by atomic mass is 35.5. The molecule has 1 heterocycles. The van der Waals surface area contributed by atoms with Gasteiger partial charge in [-0.25, -0.2) is 4.79 Å². The van der Waals surface area contributed by atoms with Crippen molar-refractivity contribution in [2.24, 2.45) is 0 Å². The van der Waals surface area contributed by atoms with Gasteiger partial charge in [-0.3, -0.25) is 4.90 Å². The van der Waals surface area contributed by atoms with Gasteiger partial charge in [0.2, 0.25) is 0 Å². The molecule has 3 aromatic rings. The number of hydrogen-bond acceptors (Lipinski definition) is 4. The number of carboxylic acid groups (broad SMARTS) is 1. The summed E-state index contributed by atoms with van der Waals surface area (Å²) in [6.07, 6.45) is 1.13.